The van der Waals surface area contributed by atoms with E-state index in [-0.39, 0.29) is 17.7 Å². The van der Waals surface area contributed by atoms with Crippen LogP contribution in [0.4, 0.5) is 0 Å². The molecule has 2 heterocycles. The number of para-hydroxylation sites is 3. The Morgan fingerprint density at radius 1 is 1.06 bits per heavy atom. The molecule has 2 amide bonds. The van der Waals surface area contributed by atoms with Gasteiger partial charge in [-0.3, -0.25) is 9.59 Å². The van der Waals surface area contributed by atoms with Crippen molar-refractivity contribution in [3.63, 3.8) is 0 Å². The number of carbonyl (C=O) groups excluding carboxylic acids is 2. The third-order valence-corrected chi connectivity index (χ3v) is 6.25. The van der Waals surface area contributed by atoms with E-state index in [1.807, 2.05) is 60.4 Å². The Bertz CT molecular complexity index is 1070. The quantitative estimate of drug-likeness (QED) is 0.508. The van der Waals surface area contributed by atoms with Crippen LogP contribution < -0.4 is 10.1 Å². The second-order valence-electron chi connectivity index (χ2n) is 8.51. The number of carbonyl (C=O) groups is 2. The lowest BCUT2D eigenvalue weighted by Crippen LogP contribution is -2.43. The van der Waals surface area contributed by atoms with E-state index in [4.69, 9.17) is 4.74 Å². The predicted octanol–water partition coefficient (Wildman–Crippen LogP) is 3.56. The summed E-state index contributed by atoms with van der Waals surface area (Å²) in [5, 5.41) is 3.08. The zero-order chi connectivity index (χ0) is 23.0. The maximum absolute atomic E-state index is 12.6. The van der Waals surface area contributed by atoms with Gasteiger partial charge < -0.3 is 19.5 Å². The Balaban J connectivity index is 1.13. The minimum Gasteiger partial charge on any atom is -0.493 e. The van der Waals surface area contributed by atoms with Crippen LogP contribution in [0.5, 0.6) is 5.75 Å². The number of amides is 2. The molecule has 1 aromatic heterocycles. The molecular weight excluding hydrogens is 416 g/mol. The van der Waals surface area contributed by atoms with Crippen LogP contribution in [0.3, 0.4) is 0 Å². The first-order chi connectivity index (χ1) is 16.1. The van der Waals surface area contributed by atoms with Gasteiger partial charge in [0.2, 0.25) is 11.8 Å². The monoisotopic (exact) mass is 448 g/mol. The number of benzene rings is 2. The molecule has 33 heavy (non-hydrogen) atoms. The summed E-state index contributed by atoms with van der Waals surface area (Å²) in [5.74, 6) is 1.94. The van der Waals surface area contributed by atoms with Gasteiger partial charge in [-0.25, -0.2) is 4.98 Å². The van der Waals surface area contributed by atoms with Gasteiger partial charge in [0, 0.05) is 32.1 Å². The zero-order valence-electron chi connectivity index (χ0n) is 19.2. The number of piperidine rings is 1. The van der Waals surface area contributed by atoms with Crippen molar-refractivity contribution in [2.24, 2.45) is 5.92 Å². The molecule has 1 N–H and O–H groups in total. The Labute approximate surface area is 194 Å². The van der Waals surface area contributed by atoms with Crippen molar-refractivity contribution in [2.45, 2.75) is 39.2 Å². The number of likely N-dealkylation sites (tertiary alicyclic amines) is 1. The van der Waals surface area contributed by atoms with E-state index in [1.165, 1.54) is 0 Å². The Morgan fingerprint density at radius 2 is 1.79 bits per heavy atom. The molecule has 0 atom stereocenters. The number of aromatic nitrogens is 2. The largest absolute Gasteiger partial charge is 0.493 e. The van der Waals surface area contributed by atoms with Crippen molar-refractivity contribution in [3.8, 4) is 5.75 Å². The normalized spacial score (nSPS) is 14.4. The van der Waals surface area contributed by atoms with Gasteiger partial charge in [0.25, 0.3) is 0 Å². The summed E-state index contributed by atoms with van der Waals surface area (Å²) in [6.07, 6.45) is 2.63. The van der Waals surface area contributed by atoms with Crippen molar-refractivity contribution in [2.75, 3.05) is 26.2 Å². The van der Waals surface area contributed by atoms with Gasteiger partial charge in [0.15, 0.2) is 0 Å². The Morgan fingerprint density at radius 3 is 2.58 bits per heavy atom. The van der Waals surface area contributed by atoms with Crippen molar-refractivity contribution in [1.29, 1.82) is 0 Å². The van der Waals surface area contributed by atoms with Crippen LogP contribution in [0.1, 0.15) is 31.5 Å². The number of ether oxygens (including phenoxy) is 1. The minimum atomic E-state index is -0.0227. The fourth-order valence-corrected chi connectivity index (χ4v) is 4.39. The smallest absolute Gasteiger partial charge is 0.225 e. The molecule has 1 saturated heterocycles. The summed E-state index contributed by atoms with van der Waals surface area (Å²) in [6, 6.07) is 17.6. The average molecular weight is 449 g/mol. The lowest BCUT2D eigenvalue weighted by Gasteiger charge is -2.31. The van der Waals surface area contributed by atoms with E-state index < -0.39 is 0 Å². The topological polar surface area (TPSA) is 76.5 Å². The highest BCUT2D eigenvalue weighted by molar-refractivity contribution is 5.80. The maximum Gasteiger partial charge on any atom is 0.225 e. The first kappa shape index (κ1) is 22.8. The van der Waals surface area contributed by atoms with E-state index in [1.54, 1.807) is 0 Å². The maximum atomic E-state index is 12.6. The van der Waals surface area contributed by atoms with Gasteiger partial charge in [-0.05, 0) is 50.5 Å². The van der Waals surface area contributed by atoms with Crippen LogP contribution in [-0.4, -0.2) is 52.5 Å². The molecule has 7 nitrogen and oxygen atoms in total. The molecule has 0 spiro atoms. The molecule has 7 heteroatoms. The number of nitrogens with one attached hydrogen (secondary N) is 1. The molecule has 1 fully saturated rings. The summed E-state index contributed by atoms with van der Waals surface area (Å²) >= 11 is 0. The first-order valence-corrected chi connectivity index (χ1v) is 11.8. The van der Waals surface area contributed by atoms with Crippen LogP contribution in [0, 0.1) is 12.8 Å². The summed E-state index contributed by atoms with van der Waals surface area (Å²) in [7, 11) is 0. The van der Waals surface area contributed by atoms with Gasteiger partial charge in [-0.2, -0.15) is 0 Å². The molecule has 4 rings (SSSR count). The molecule has 1 aliphatic heterocycles. The minimum absolute atomic E-state index is 0.0227. The molecule has 0 bridgehead atoms. The highest BCUT2D eigenvalue weighted by Crippen LogP contribution is 2.19. The number of hydrogen-bond acceptors (Lipinski definition) is 4. The molecule has 3 aromatic rings. The Hall–Kier alpha value is -3.35. The second-order valence-corrected chi connectivity index (χ2v) is 8.51. The van der Waals surface area contributed by atoms with Crippen molar-refractivity contribution < 1.29 is 14.3 Å². The zero-order valence-corrected chi connectivity index (χ0v) is 19.2. The van der Waals surface area contributed by atoms with Gasteiger partial charge in [-0.15, -0.1) is 0 Å². The summed E-state index contributed by atoms with van der Waals surface area (Å²) in [5.41, 5.74) is 2.14. The summed E-state index contributed by atoms with van der Waals surface area (Å²) in [4.78, 5) is 31.5. The average Bonchev–Trinajstić information content (AvgIpc) is 3.17. The molecule has 174 valence electrons. The molecular formula is C26H32N4O3. The highest BCUT2D eigenvalue weighted by Gasteiger charge is 2.27. The second kappa shape index (κ2) is 11.0. The molecule has 2 aromatic carbocycles. The third-order valence-electron chi connectivity index (χ3n) is 6.25. The number of fused-ring (bicyclic) bond motifs is 1. The van der Waals surface area contributed by atoms with Crippen LogP contribution in [0.25, 0.3) is 11.0 Å². The molecule has 1 aliphatic rings. The van der Waals surface area contributed by atoms with Gasteiger partial charge >= 0.3 is 0 Å². The lowest BCUT2D eigenvalue weighted by molar-refractivity contribution is -0.136. The molecule has 0 radical (unpaired) electrons. The van der Waals surface area contributed by atoms with Crippen molar-refractivity contribution in [3.05, 3.63) is 60.4 Å². The SMILES string of the molecule is Cc1nc2ccccc2n1CCCNC(=O)C1CCN(C(=O)CCOc2ccccc2)CC1. The van der Waals surface area contributed by atoms with Gasteiger partial charge in [0.05, 0.1) is 24.1 Å². The van der Waals surface area contributed by atoms with Crippen LogP contribution in [0.2, 0.25) is 0 Å². The fraction of sp³-hybridized carbons (Fsp3) is 0.423. The van der Waals surface area contributed by atoms with E-state index in [0.717, 1.165) is 35.6 Å². The molecule has 0 unspecified atom stereocenters. The number of hydrogen-bond donors (Lipinski definition) is 1. The standard InChI is InChI=1S/C26H32N4O3/c1-20-28-23-10-5-6-11-24(23)30(20)16-7-15-27-26(32)21-12-17-29(18-13-21)25(31)14-19-33-22-8-3-2-4-9-22/h2-6,8-11,21H,7,12-19H2,1H3,(H,27,32). The molecule has 0 aliphatic carbocycles. The number of rotatable bonds is 9. The number of imidazole rings is 1. The van der Waals surface area contributed by atoms with Crippen LogP contribution in [0.15, 0.2) is 54.6 Å². The Kier molecular flexibility index (Phi) is 7.60. The van der Waals surface area contributed by atoms with E-state index in [0.29, 0.717) is 45.5 Å². The summed E-state index contributed by atoms with van der Waals surface area (Å²) < 4.78 is 7.82. The van der Waals surface area contributed by atoms with Crippen LogP contribution in [-0.2, 0) is 16.1 Å². The van der Waals surface area contributed by atoms with Crippen molar-refractivity contribution in [1.82, 2.24) is 19.8 Å². The van der Waals surface area contributed by atoms with Gasteiger partial charge in [0.1, 0.15) is 11.6 Å². The summed E-state index contributed by atoms with van der Waals surface area (Å²) in [6.45, 7) is 5.10. The van der Waals surface area contributed by atoms with Crippen molar-refractivity contribution >= 4 is 22.8 Å². The predicted molar refractivity (Wildman–Crippen MR) is 128 cm³/mol. The first-order valence-electron chi connectivity index (χ1n) is 11.8. The van der Waals surface area contributed by atoms with E-state index in [9.17, 15) is 9.59 Å². The van der Waals surface area contributed by atoms with Crippen LogP contribution >= 0.6 is 0 Å². The third kappa shape index (κ3) is 5.92. The van der Waals surface area contributed by atoms with E-state index >= 15 is 0 Å². The lowest BCUT2D eigenvalue weighted by atomic mass is 9.95. The highest BCUT2D eigenvalue weighted by atomic mass is 16.5. The van der Waals surface area contributed by atoms with Gasteiger partial charge in [-0.1, -0.05) is 30.3 Å². The molecule has 0 saturated carbocycles. The number of aryl methyl sites for hydroxylation is 2. The number of nitrogens with zero attached hydrogens (tertiary/aromatic N) is 3. The fourth-order valence-electron chi connectivity index (χ4n) is 4.39. The van der Waals surface area contributed by atoms with E-state index in [2.05, 4.69) is 20.9 Å².